The minimum atomic E-state index is 0. The van der Waals surface area contributed by atoms with Crippen molar-refractivity contribution < 1.29 is 9.53 Å². The van der Waals surface area contributed by atoms with Crippen LogP contribution in [-0.4, -0.2) is 68.0 Å². The number of hydrogen-bond acceptors (Lipinski definition) is 3. The average Bonchev–Trinajstić information content (AvgIpc) is 2.63. The maximum atomic E-state index is 12.0. The molecule has 1 amide bonds. The lowest BCUT2D eigenvalue weighted by Crippen LogP contribution is -2.41. The fourth-order valence-corrected chi connectivity index (χ4v) is 2.38. The van der Waals surface area contributed by atoms with Gasteiger partial charge in [-0.2, -0.15) is 0 Å². The van der Waals surface area contributed by atoms with Gasteiger partial charge in [-0.1, -0.05) is 18.2 Å². The molecule has 0 heterocycles. The monoisotopic (exact) mass is 476 g/mol. The van der Waals surface area contributed by atoms with E-state index in [9.17, 15) is 4.79 Å². The Balaban J connectivity index is 0.00000625. The van der Waals surface area contributed by atoms with E-state index in [1.807, 2.05) is 68.0 Å². The van der Waals surface area contributed by atoms with E-state index in [-0.39, 0.29) is 29.9 Å². The molecule has 0 saturated heterocycles. The molecule has 0 unspecified atom stereocenters. The second kappa shape index (κ2) is 14.6. The summed E-state index contributed by atoms with van der Waals surface area (Å²) < 4.78 is 5.72. The first kappa shape index (κ1) is 24.5. The topological polar surface area (TPSA) is 57.2 Å². The fourth-order valence-electron chi connectivity index (χ4n) is 2.38. The van der Waals surface area contributed by atoms with Gasteiger partial charge in [0.2, 0.25) is 5.91 Å². The molecule has 0 aliphatic carbocycles. The van der Waals surface area contributed by atoms with Gasteiger partial charge in [-0.25, -0.2) is 0 Å². The zero-order chi connectivity index (χ0) is 18.5. The third-order valence-corrected chi connectivity index (χ3v) is 3.84. The molecule has 0 aromatic heterocycles. The number of amides is 1. The van der Waals surface area contributed by atoms with Gasteiger partial charge in [-0.05, 0) is 32.9 Å². The Morgan fingerprint density at radius 2 is 1.81 bits per heavy atom. The Labute approximate surface area is 175 Å². The van der Waals surface area contributed by atoms with Gasteiger partial charge < -0.3 is 19.9 Å². The molecule has 1 aromatic rings. The summed E-state index contributed by atoms with van der Waals surface area (Å²) >= 11 is 0. The molecule has 7 heteroatoms. The minimum absolute atomic E-state index is 0. The van der Waals surface area contributed by atoms with Crippen molar-refractivity contribution in [3.63, 3.8) is 0 Å². The molecule has 148 valence electrons. The van der Waals surface area contributed by atoms with E-state index in [1.165, 1.54) is 0 Å². The van der Waals surface area contributed by atoms with Gasteiger partial charge in [0.15, 0.2) is 5.96 Å². The van der Waals surface area contributed by atoms with Crippen molar-refractivity contribution in [2.45, 2.75) is 27.2 Å². The summed E-state index contributed by atoms with van der Waals surface area (Å²) in [6, 6.07) is 9.76. The number of hydrogen-bond donors (Lipinski definition) is 1. The van der Waals surface area contributed by atoms with Gasteiger partial charge in [0, 0.05) is 33.1 Å². The van der Waals surface area contributed by atoms with Gasteiger partial charge in [-0.15, -0.1) is 24.0 Å². The highest BCUT2D eigenvalue weighted by atomic mass is 127. The van der Waals surface area contributed by atoms with Crippen molar-refractivity contribution in [3.8, 4) is 5.75 Å². The lowest BCUT2D eigenvalue weighted by Gasteiger charge is -2.22. The number of guanidine groups is 1. The Hall–Kier alpha value is -1.51. The molecule has 1 aromatic carbocycles. The summed E-state index contributed by atoms with van der Waals surface area (Å²) in [5, 5.41) is 3.26. The van der Waals surface area contributed by atoms with E-state index in [0.717, 1.165) is 31.3 Å². The first-order chi connectivity index (χ1) is 12.1. The molecule has 6 nitrogen and oxygen atoms in total. The Bertz CT molecular complexity index is 522. The fraction of sp³-hybridized carbons (Fsp3) is 0.579. The first-order valence-corrected chi connectivity index (χ1v) is 9.07. The Kier molecular flexibility index (Phi) is 13.8. The lowest BCUT2D eigenvalue weighted by atomic mass is 10.3. The zero-order valence-electron chi connectivity index (χ0n) is 16.4. The second-order valence-electron chi connectivity index (χ2n) is 5.63. The number of nitrogens with one attached hydrogen (secondary N) is 1. The van der Waals surface area contributed by atoms with Crippen LogP contribution in [0.4, 0.5) is 0 Å². The van der Waals surface area contributed by atoms with Crippen LogP contribution in [0.2, 0.25) is 0 Å². The van der Waals surface area contributed by atoms with E-state index in [4.69, 9.17) is 4.74 Å². The molecule has 0 aliphatic heterocycles. The second-order valence-corrected chi connectivity index (χ2v) is 5.63. The molecular formula is C19H33IN4O2. The van der Waals surface area contributed by atoms with Gasteiger partial charge >= 0.3 is 0 Å². The van der Waals surface area contributed by atoms with Gasteiger partial charge in [0.05, 0.1) is 13.1 Å². The van der Waals surface area contributed by atoms with E-state index in [2.05, 4.69) is 10.3 Å². The molecule has 0 saturated carbocycles. The number of aliphatic imine (C=N–C) groups is 1. The lowest BCUT2D eigenvalue weighted by molar-refractivity contribution is -0.130. The molecular weight excluding hydrogens is 443 g/mol. The summed E-state index contributed by atoms with van der Waals surface area (Å²) in [6.07, 6.45) is 0.435. The van der Waals surface area contributed by atoms with Crippen LogP contribution in [0.15, 0.2) is 35.3 Å². The van der Waals surface area contributed by atoms with Crippen molar-refractivity contribution in [2.75, 3.05) is 46.4 Å². The van der Waals surface area contributed by atoms with Gasteiger partial charge in [0.1, 0.15) is 12.4 Å². The number of rotatable bonds is 10. The summed E-state index contributed by atoms with van der Waals surface area (Å²) in [4.78, 5) is 20.5. The number of carbonyl (C=O) groups is 1. The highest BCUT2D eigenvalue weighted by Crippen LogP contribution is 2.07. The van der Waals surface area contributed by atoms with Crippen molar-refractivity contribution in [2.24, 2.45) is 4.99 Å². The third-order valence-electron chi connectivity index (χ3n) is 3.84. The summed E-state index contributed by atoms with van der Waals surface area (Å²) in [5.41, 5.74) is 0. The Morgan fingerprint density at radius 3 is 2.38 bits per heavy atom. The van der Waals surface area contributed by atoms with Crippen LogP contribution in [0.5, 0.6) is 5.75 Å². The van der Waals surface area contributed by atoms with Crippen molar-refractivity contribution >= 4 is 35.8 Å². The van der Waals surface area contributed by atoms with Gasteiger partial charge in [-0.3, -0.25) is 9.79 Å². The number of ether oxygens (including phenoxy) is 1. The van der Waals surface area contributed by atoms with E-state index >= 15 is 0 Å². The molecule has 0 radical (unpaired) electrons. The normalized spacial score (nSPS) is 10.7. The molecule has 0 atom stereocenters. The van der Waals surface area contributed by atoms with Crippen LogP contribution in [-0.2, 0) is 4.79 Å². The van der Waals surface area contributed by atoms with Crippen molar-refractivity contribution in [1.82, 2.24) is 15.1 Å². The molecule has 26 heavy (non-hydrogen) atoms. The SMILES string of the molecule is CCNC(=NCCC(=O)N(CC)CC)N(C)CCOc1ccccc1.I. The van der Waals surface area contributed by atoms with Crippen LogP contribution in [0.3, 0.4) is 0 Å². The maximum Gasteiger partial charge on any atom is 0.224 e. The van der Waals surface area contributed by atoms with Crippen LogP contribution in [0.25, 0.3) is 0 Å². The molecule has 0 aliphatic rings. The smallest absolute Gasteiger partial charge is 0.224 e. The largest absolute Gasteiger partial charge is 0.492 e. The summed E-state index contributed by atoms with van der Waals surface area (Å²) in [7, 11) is 1.97. The average molecular weight is 476 g/mol. The molecule has 1 N–H and O–H groups in total. The van der Waals surface area contributed by atoms with Crippen molar-refractivity contribution in [3.05, 3.63) is 30.3 Å². The van der Waals surface area contributed by atoms with E-state index in [1.54, 1.807) is 0 Å². The van der Waals surface area contributed by atoms with Gasteiger partial charge in [0.25, 0.3) is 0 Å². The van der Waals surface area contributed by atoms with Crippen LogP contribution < -0.4 is 10.1 Å². The van der Waals surface area contributed by atoms with E-state index < -0.39 is 0 Å². The van der Waals surface area contributed by atoms with Crippen LogP contribution >= 0.6 is 24.0 Å². The van der Waals surface area contributed by atoms with Crippen LogP contribution in [0, 0.1) is 0 Å². The molecule has 0 fully saturated rings. The predicted octanol–water partition coefficient (Wildman–Crippen LogP) is 2.84. The quantitative estimate of drug-likeness (QED) is 0.321. The molecule has 1 rings (SSSR count). The third kappa shape index (κ3) is 9.26. The zero-order valence-corrected chi connectivity index (χ0v) is 18.7. The molecule has 0 spiro atoms. The highest BCUT2D eigenvalue weighted by molar-refractivity contribution is 14.0. The highest BCUT2D eigenvalue weighted by Gasteiger charge is 2.10. The Morgan fingerprint density at radius 1 is 1.15 bits per heavy atom. The number of para-hydroxylation sites is 1. The van der Waals surface area contributed by atoms with Crippen LogP contribution in [0.1, 0.15) is 27.2 Å². The first-order valence-electron chi connectivity index (χ1n) is 9.07. The number of halogens is 1. The van der Waals surface area contributed by atoms with E-state index in [0.29, 0.717) is 26.1 Å². The number of likely N-dealkylation sites (N-methyl/N-ethyl adjacent to an activating group) is 1. The minimum Gasteiger partial charge on any atom is -0.492 e. The number of carbonyl (C=O) groups excluding carboxylic acids is 1. The van der Waals surface area contributed by atoms with Crippen molar-refractivity contribution in [1.29, 1.82) is 0 Å². The maximum absolute atomic E-state index is 12.0. The molecule has 0 bridgehead atoms. The predicted molar refractivity (Wildman–Crippen MR) is 119 cm³/mol. The summed E-state index contributed by atoms with van der Waals surface area (Å²) in [6.45, 7) is 10.1. The standard InChI is InChI=1S/C19H32N4O2.HI/c1-5-20-19(21-14-13-18(24)23(6-2)7-3)22(4)15-16-25-17-11-9-8-10-12-17;/h8-12H,5-7,13-16H2,1-4H3,(H,20,21);1H. The number of benzene rings is 1. The number of nitrogens with zero attached hydrogens (tertiary/aromatic N) is 3. The summed E-state index contributed by atoms with van der Waals surface area (Å²) in [5.74, 6) is 1.81.